The number of amides is 1. The van der Waals surface area contributed by atoms with Crippen LogP contribution >= 0.6 is 0 Å². The molecule has 0 unspecified atom stereocenters. The molecule has 7 heteroatoms. The largest absolute Gasteiger partial charge is 0.457 e. The molecule has 0 aromatic heterocycles. The number of rotatable bonds is 5. The smallest absolute Gasteiger partial charge is 0.261 e. The monoisotopic (exact) mass is 380 g/mol. The third-order valence-electron chi connectivity index (χ3n) is 4.08. The first-order chi connectivity index (χ1) is 13.0. The molecule has 6 nitrogen and oxygen atoms in total. The van der Waals surface area contributed by atoms with Crippen LogP contribution in [0.2, 0.25) is 0 Å². The van der Waals surface area contributed by atoms with Crippen molar-refractivity contribution in [1.29, 1.82) is 0 Å². The van der Waals surface area contributed by atoms with E-state index in [9.17, 15) is 13.2 Å². The Labute approximate surface area is 156 Å². The number of hydrogen-bond acceptors (Lipinski definition) is 4. The van der Waals surface area contributed by atoms with Crippen LogP contribution in [0.15, 0.2) is 77.7 Å². The van der Waals surface area contributed by atoms with Crippen molar-refractivity contribution in [2.75, 3.05) is 10.0 Å². The zero-order valence-electron chi connectivity index (χ0n) is 14.2. The van der Waals surface area contributed by atoms with E-state index in [0.29, 0.717) is 28.4 Å². The maximum Gasteiger partial charge on any atom is 0.261 e. The van der Waals surface area contributed by atoms with Crippen molar-refractivity contribution in [3.8, 4) is 11.5 Å². The van der Waals surface area contributed by atoms with E-state index >= 15 is 0 Å². The summed E-state index contributed by atoms with van der Waals surface area (Å²) < 4.78 is 33.7. The van der Waals surface area contributed by atoms with Crippen molar-refractivity contribution in [2.24, 2.45) is 0 Å². The number of fused-ring (bicyclic) bond motifs is 1. The first-order valence-corrected chi connectivity index (χ1v) is 9.76. The number of nitrogens with one attached hydrogen (secondary N) is 2. The fourth-order valence-corrected chi connectivity index (χ4v) is 3.93. The fraction of sp³-hybridized carbons (Fsp3) is 0.0500. The van der Waals surface area contributed by atoms with Gasteiger partial charge in [0.1, 0.15) is 11.5 Å². The molecule has 1 amide bonds. The van der Waals surface area contributed by atoms with Gasteiger partial charge in [0.05, 0.1) is 17.0 Å². The summed E-state index contributed by atoms with van der Waals surface area (Å²) in [6.07, 6.45) is 0.180. The molecular weight excluding hydrogens is 364 g/mol. The number of anilines is 2. The molecule has 0 atom stereocenters. The Balaban J connectivity index is 1.56. The van der Waals surface area contributed by atoms with Crippen LogP contribution in [-0.4, -0.2) is 14.3 Å². The van der Waals surface area contributed by atoms with Crippen LogP contribution < -0.4 is 14.8 Å². The molecule has 0 saturated heterocycles. The Kier molecular flexibility index (Phi) is 4.29. The molecule has 0 aliphatic carbocycles. The fourth-order valence-electron chi connectivity index (χ4n) is 2.83. The lowest BCUT2D eigenvalue weighted by molar-refractivity contribution is -0.115. The molecule has 1 aliphatic heterocycles. The summed E-state index contributed by atoms with van der Waals surface area (Å²) in [6.45, 7) is 0. The predicted molar refractivity (Wildman–Crippen MR) is 103 cm³/mol. The van der Waals surface area contributed by atoms with E-state index in [-0.39, 0.29) is 17.2 Å². The van der Waals surface area contributed by atoms with Crippen molar-refractivity contribution in [3.63, 3.8) is 0 Å². The number of hydrogen-bond donors (Lipinski definition) is 2. The van der Waals surface area contributed by atoms with Gasteiger partial charge in [-0.25, -0.2) is 8.42 Å². The lowest BCUT2D eigenvalue weighted by atomic mass is 10.2. The minimum Gasteiger partial charge on any atom is -0.457 e. The van der Waals surface area contributed by atoms with Gasteiger partial charge in [-0.2, -0.15) is 0 Å². The minimum absolute atomic E-state index is 0.104. The average molecular weight is 380 g/mol. The number of sulfonamides is 1. The molecule has 1 heterocycles. The maximum absolute atomic E-state index is 12.7. The Hall–Kier alpha value is -3.32. The van der Waals surface area contributed by atoms with Crippen molar-refractivity contribution >= 4 is 27.3 Å². The summed E-state index contributed by atoms with van der Waals surface area (Å²) in [7, 11) is -3.79. The van der Waals surface area contributed by atoms with Crippen molar-refractivity contribution in [3.05, 3.63) is 78.4 Å². The van der Waals surface area contributed by atoms with E-state index in [1.165, 1.54) is 12.1 Å². The highest BCUT2D eigenvalue weighted by atomic mass is 32.2. The van der Waals surface area contributed by atoms with Gasteiger partial charge in [0.2, 0.25) is 5.91 Å². The van der Waals surface area contributed by atoms with Gasteiger partial charge in [-0.3, -0.25) is 9.52 Å². The SMILES string of the molecule is O=C1Cc2cc(S(=O)(=O)Nc3cccc(Oc4ccccc4)c3)ccc2N1. The number of para-hydroxylation sites is 1. The van der Waals surface area contributed by atoms with Crippen LogP contribution in [0.25, 0.3) is 0 Å². The summed E-state index contributed by atoms with van der Waals surface area (Å²) in [5.74, 6) is 1.04. The lowest BCUT2D eigenvalue weighted by Crippen LogP contribution is -2.13. The van der Waals surface area contributed by atoms with E-state index in [4.69, 9.17) is 4.74 Å². The van der Waals surface area contributed by atoms with Crippen molar-refractivity contribution in [2.45, 2.75) is 11.3 Å². The Bertz CT molecular complexity index is 1110. The second-order valence-electron chi connectivity index (χ2n) is 6.09. The van der Waals surface area contributed by atoms with Gasteiger partial charge in [0.15, 0.2) is 0 Å². The maximum atomic E-state index is 12.7. The first kappa shape index (κ1) is 17.1. The molecule has 0 fully saturated rings. The molecule has 1 aliphatic rings. The van der Waals surface area contributed by atoms with Gasteiger partial charge in [0, 0.05) is 11.8 Å². The molecule has 4 rings (SSSR count). The molecule has 3 aromatic rings. The number of ether oxygens (including phenoxy) is 1. The van der Waals surface area contributed by atoms with Crippen LogP contribution in [0.3, 0.4) is 0 Å². The van der Waals surface area contributed by atoms with Crippen LogP contribution in [0.4, 0.5) is 11.4 Å². The summed E-state index contributed by atoms with van der Waals surface area (Å²) in [6, 6.07) is 20.5. The van der Waals surface area contributed by atoms with Crippen LogP contribution in [0.1, 0.15) is 5.56 Å². The third kappa shape index (κ3) is 3.78. The quantitative estimate of drug-likeness (QED) is 0.706. The topological polar surface area (TPSA) is 84.5 Å². The van der Waals surface area contributed by atoms with E-state index in [0.717, 1.165) is 0 Å². The second kappa shape index (κ2) is 6.77. The van der Waals surface area contributed by atoms with Crippen molar-refractivity contribution in [1.82, 2.24) is 0 Å². The third-order valence-corrected chi connectivity index (χ3v) is 5.46. The van der Waals surface area contributed by atoms with Gasteiger partial charge in [-0.15, -0.1) is 0 Å². The van der Waals surface area contributed by atoms with Gasteiger partial charge in [-0.1, -0.05) is 24.3 Å². The first-order valence-electron chi connectivity index (χ1n) is 8.28. The van der Waals surface area contributed by atoms with Crippen LogP contribution in [0, 0.1) is 0 Å². The van der Waals surface area contributed by atoms with Gasteiger partial charge < -0.3 is 10.1 Å². The highest BCUT2D eigenvalue weighted by molar-refractivity contribution is 7.92. The summed E-state index contributed by atoms with van der Waals surface area (Å²) >= 11 is 0. The summed E-state index contributed by atoms with van der Waals surface area (Å²) in [5.41, 5.74) is 1.71. The van der Waals surface area contributed by atoms with Gasteiger partial charge in [0.25, 0.3) is 10.0 Å². The molecule has 0 radical (unpaired) electrons. The predicted octanol–water partition coefficient (Wildman–Crippen LogP) is 3.77. The summed E-state index contributed by atoms with van der Waals surface area (Å²) in [5, 5.41) is 2.69. The molecule has 0 saturated carbocycles. The Morgan fingerprint density at radius 3 is 2.48 bits per heavy atom. The minimum atomic E-state index is -3.79. The molecule has 3 aromatic carbocycles. The zero-order valence-corrected chi connectivity index (χ0v) is 15.0. The molecule has 27 heavy (non-hydrogen) atoms. The average Bonchev–Trinajstić information content (AvgIpc) is 3.01. The van der Waals surface area contributed by atoms with Gasteiger partial charge >= 0.3 is 0 Å². The van der Waals surface area contributed by atoms with E-state index in [1.54, 1.807) is 30.3 Å². The van der Waals surface area contributed by atoms with Crippen LogP contribution in [-0.2, 0) is 21.2 Å². The zero-order chi connectivity index (χ0) is 18.9. The summed E-state index contributed by atoms with van der Waals surface area (Å²) in [4.78, 5) is 11.6. The highest BCUT2D eigenvalue weighted by Gasteiger charge is 2.22. The van der Waals surface area contributed by atoms with Crippen LogP contribution in [0.5, 0.6) is 11.5 Å². The molecule has 0 bridgehead atoms. The Morgan fingerprint density at radius 2 is 1.67 bits per heavy atom. The number of carbonyl (C=O) groups excluding carboxylic acids is 1. The van der Waals surface area contributed by atoms with E-state index in [1.807, 2.05) is 30.3 Å². The molecular formula is C20H16N2O4S. The van der Waals surface area contributed by atoms with Gasteiger partial charge in [-0.05, 0) is 48.0 Å². The normalized spacial score (nSPS) is 13.0. The number of carbonyl (C=O) groups is 1. The lowest BCUT2D eigenvalue weighted by Gasteiger charge is -2.11. The molecule has 136 valence electrons. The highest BCUT2D eigenvalue weighted by Crippen LogP contribution is 2.28. The number of benzene rings is 3. The Morgan fingerprint density at radius 1 is 0.889 bits per heavy atom. The van der Waals surface area contributed by atoms with E-state index in [2.05, 4.69) is 10.0 Å². The second-order valence-corrected chi connectivity index (χ2v) is 7.77. The molecule has 2 N–H and O–H groups in total. The standard InChI is InChI=1S/C20H16N2O4S/c23-20-12-14-11-18(9-10-19(14)21-20)27(24,25)22-15-5-4-8-17(13-15)26-16-6-2-1-3-7-16/h1-11,13,22H,12H2,(H,21,23). The van der Waals surface area contributed by atoms with E-state index < -0.39 is 10.0 Å². The van der Waals surface area contributed by atoms with Crippen molar-refractivity contribution < 1.29 is 17.9 Å². The molecule has 0 spiro atoms.